The van der Waals surface area contributed by atoms with Gasteiger partial charge in [-0.2, -0.15) is 13.2 Å². The van der Waals surface area contributed by atoms with Gasteiger partial charge in [-0.1, -0.05) is 29.8 Å². The van der Waals surface area contributed by atoms with E-state index in [-0.39, 0.29) is 41.9 Å². The molecule has 0 spiro atoms. The van der Waals surface area contributed by atoms with Gasteiger partial charge in [-0.05, 0) is 66.8 Å². The van der Waals surface area contributed by atoms with Crippen molar-refractivity contribution in [3.8, 4) is 5.75 Å². The van der Waals surface area contributed by atoms with E-state index >= 15 is 0 Å². The van der Waals surface area contributed by atoms with Crippen molar-refractivity contribution < 1.29 is 61.8 Å². The van der Waals surface area contributed by atoms with Crippen LogP contribution in [0.3, 0.4) is 0 Å². The van der Waals surface area contributed by atoms with Crippen LogP contribution in [0.2, 0.25) is 5.02 Å². The molecule has 0 saturated heterocycles. The summed E-state index contributed by atoms with van der Waals surface area (Å²) in [6, 6.07) is 12.2. The molecule has 0 radical (unpaired) electrons. The van der Waals surface area contributed by atoms with Crippen LogP contribution in [0.5, 0.6) is 5.75 Å². The number of hydrogen-bond donors (Lipinski definition) is 0. The number of ether oxygens (including phenoxy) is 1. The Morgan fingerprint density at radius 2 is 1.77 bits per heavy atom. The van der Waals surface area contributed by atoms with Gasteiger partial charge in [0.25, 0.3) is 0 Å². The summed E-state index contributed by atoms with van der Waals surface area (Å²) in [7, 11) is 0. The third-order valence-electron chi connectivity index (χ3n) is 5.50. The molecule has 10 heteroatoms. The fourth-order valence-corrected chi connectivity index (χ4v) is 4.08. The quantitative estimate of drug-likeness (QED) is 0.376. The van der Waals surface area contributed by atoms with Gasteiger partial charge in [0.2, 0.25) is 0 Å². The number of aromatic nitrogens is 1. The van der Waals surface area contributed by atoms with Crippen LogP contribution in [0.1, 0.15) is 52.1 Å². The SMILES string of the molecule is O=C([O-])c1cc(C(F)(F)F)cc(C2=C(c3cc(Cl)ccc3OCc3ccccc3F)CCC2)n1.[Na+]. The van der Waals surface area contributed by atoms with Crippen LogP contribution in [-0.2, 0) is 12.8 Å². The van der Waals surface area contributed by atoms with Gasteiger partial charge < -0.3 is 14.6 Å². The smallest absolute Gasteiger partial charge is 0.543 e. The molecule has 0 unspecified atom stereocenters. The molecule has 0 N–H and O–H groups in total. The molecule has 2 aromatic carbocycles. The van der Waals surface area contributed by atoms with E-state index in [0.29, 0.717) is 58.4 Å². The van der Waals surface area contributed by atoms with Crippen molar-refractivity contribution in [3.63, 3.8) is 0 Å². The van der Waals surface area contributed by atoms with E-state index < -0.39 is 29.2 Å². The van der Waals surface area contributed by atoms with Crippen molar-refractivity contribution >= 4 is 28.7 Å². The van der Waals surface area contributed by atoms with Crippen LogP contribution in [0.15, 0.2) is 54.6 Å². The molecule has 0 fully saturated rings. The standard InChI is InChI=1S/C25H18ClF4NO3.Na/c26-16-8-9-23(34-13-14-4-1-2-7-20(14)27)19(12-16)17-5-3-6-18(17)21-10-15(25(28,29)30)11-22(31-21)24(32)33;/h1-2,4,7-12H,3,5-6,13H2,(H,32,33);/q;+1/p-1. The first-order valence-corrected chi connectivity index (χ1v) is 10.7. The van der Waals surface area contributed by atoms with Crippen molar-refractivity contribution in [1.29, 1.82) is 0 Å². The normalized spacial score (nSPS) is 13.5. The summed E-state index contributed by atoms with van der Waals surface area (Å²) in [6.45, 7) is -0.0689. The van der Waals surface area contributed by atoms with Crippen LogP contribution in [-0.4, -0.2) is 11.0 Å². The van der Waals surface area contributed by atoms with Crippen LogP contribution in [0.4, 0.5) is 17.6 Å². The Morgan fingerprint density at radius 3 is 2.46 bits per heavy atom. The number of allylic oxidation sites excluding steroid dienone is 2. The summed E-state index contributed by atoms with van der Waals surface area (Å²) in [5.74, 6) is -1.86. The van der Waals surface area contributed by atoms with Gasteiger partial charge in [-0.3, -0.25) is 0 Å². The minimum Gasteiger partial charge on any atom is -0.543 e. The third kappa shape index (κ3) is 6.25. The molecule has 0 amide bonds. The summed E-state index contributed by atoms with van der Waals surface area (Å²) >= 11 is 6.19. The van der Waals surface area contributed by atoms with Crippen molar-refractivity contribution in [2.75, 3.05) is 0 Å². The molecule has 35 heavy (non-hydrogen) atoms. The summed E-state index contributed by atoms with van der Waals surface area (Å²) in [5.41, 5.74) is -0.0497. The second kappa shape index (κ2) is 11.1. The number of halogens is 5. The van der Waals surface area contributed by atoms with Crippen molar-refractivity contribution in [3.05, 3.63) is 93.5 Å². The van der Waals surface area contributed by atoms with Gasteiger partial charge in [-0.15, -0.1) is 0 Å². The van der Waals surface area contributed by atoms with E-state index in [1.54, 1.807) is 36.4 Å². The summed E-state index contributed by atoms with van der Waals surface area (Å²) in [6.07, 6.45) is -3.27. The number of benzene rings is 2. The average Bonchev–Trinajstić information content (AvgIpc) is 3.28. The van der Waals surface area contributed by atoms with Crippen LogP contribution < -0.4 is 39.4 Å². The van der Waals surface area contributed by atoms with Gasteiger partial charge in [0.15, 0.2) is 0 Å². The van der Waals surface area contributed by atoms with Crippen molar-refractivity contribution in [1.82, 2.24) is 4.98 Å². The Balaban J connectivity index is 0.00000342. The zero-order valence-corrected chi connectivity index (χ0v) is 21.3. The molecule has 0 atom stereocenters. The van der Waals surface area contributed by atoms with Crippen molar-refractivity contribution in [2.24, 2.45) is 0 Å². The Bertz CT molecular complexity index is 1290. The maximum atomic E-state index is 14.0. The van der Waals surface area contributed by atoms with Gasteiger partial charge in [-0.25, -0.2) is 9.37 Å². The average molecular weight is 514 g/mol. The number of hydrogen-bond acceptors (Lipinski definition) is 4. The van der Waals surface area contributed by atoms with E-state index in [4.69, 9.17) is 16.3 Å². The zero-order chi connectivity index (χ0) is 24.5. The van der Waals surface area contributed by atoms with Crippen LogP contribution in [0.25, 0.3) is 11.1 Å². The monoisotopic (exact) mass is 513 g/mol. The summed E-state index contributed by atoms with van der Waals surface area (Å²) in [5, 5.41) is 11.7. The molecule has 176 valence electrons. The van der Waals surface area contributed by atoms with E-state index in [9.17, 15) is 27.5 Å². The molecular formula is C25H17ClF4NNaO3. The fraction of sp³-hybridized carbons (Fsp3) is 0.200. The number of carboxylic acid groups (broad SMARTS) is 1. The molecule has 3 aromatic rings. The first-order chi connectivity index (χ1) is 16.1. The number of carboxylic acids is 1. The maximum absolute atomic E-state index is 14.0. The topological polar surface area (TPSA) is 62.2 Å². The first kappa shape index (κ1) is 27.2. The molecule has 1 heterocycles. The Morgan fingerprint density at radius 1 is 1.06 bits per heavy atom. The van der Waals surface area contributed by atoms with E-state index in [0.717, 1.165) is 6.07 Å². The number of carbonyl (C=O) groups is 1. The fourth-order valence-electron chi connectivity index (χ4n) is 3.91. The molecule has 4 rings (SSSR count). The Kier molecular flexibility index (Phi) is 8.64. The van der Waals surface area contributed by atoms with Gasteiger partial charge in [0.05, 0.1) is 22.9 Å². The molecule has 1 aliphatic carbocycles. The number of aromatic carboxylic acids is 1. The number of pyridine rings is 1. The molecule has 0 bridgehead atoms. The molecule has 0 saturated carbocycles. The maximum Gasteiger partial charge on any atom is 1.00 e. The number of alkyl halides is 3. The van der Waals surface area contributed by atoms with E-state index in [1.807, 2.05) is 0 Å². The van der Waals surface area contributed by atoms with E-state index in [1.165, 1.54) is 6.07 Å². The summed E-state index contributed by atoms with van der Waals surface area (Å²) in [4.78, 5) is 15.2. The minimum atomic E-state index is -4.76. The number of nitrogens with zero attached hydrogens (tertiary/aromatic N) is 1. The van der Waals surface area contributed by atoms with E-state index in [2.05, 4.69) is 4.98 Å². The molecular weight excluding hydrogens is 497 g/mol. The Labute approximate surface area is 225 Å². The third-order valence-corrected chi connectivity index (χ3v) is 5.73. The molecule has 0 aliphatic heterocycles. The van der Waals surface area contributed by atoms with Gasteiger partial charge >= 0.3 is 35.7 Å². The van der Waals surface area contributed by atoms with Crippen LogP contribution in [0, 0.1) is 5.82 Å². The first-order valence-electron chi connectivity index (χ1n) is 10.3. The second-order valence-electron chi connectivity index (χ2n) is 7.74. The molecule has 4 nitrogen and oxygen atoms in total. The zero-order valence-electron chi connectivity index (χ0n) is 18.6. The largest absolute Gasteiger partial charge is 1.00 e. The number of carbonyl (C=O) groups excluding carboxylic acids is 1. The Hall–Kier alpha value is -2.39. The molecule has 1 aliphatic rings. The predicted octanol–water partition coefficient (Wildman–Crippen LogP) is 2.93. The second-order valence-corrected chi connectivity index (χ2v) is 8.18. The number of rotatable bonds is 6. The van der Waals surface area contributed by atoms with Crippen molar-refractivity contribution in [2.45, 2.75) is 32.0 Å². The predicted molar refractivity (Wildman–Crippen MR) is 116 cm³/mol. The van der Waals surface area contributed by atoms with Gasteiger partial charge in [0.1, 0.15) is 18.2 Å². The molecule has 1 aromatic heterocycles. The van der Waals surface area contributed by atoms with Gasteiger partial charge in [0, 0.05) is 16.1 Å². The minimum absolute atomic E-state index is 0. The van der Waals surface area contributed by atoms with Crippen LogP contribution >= 0.6 is 11.6 Å². The summed E-state index contributed by atoms with van der Waals surface area (Å²) < 4.78 is 60.1.